The standard InChI is InChI=1S/C17H17N3O4/c1-17(13-6-7-13)15(22)20(16(23)19-17)9-14(21)24-10-12-5-3-2-4-11(12)8-18/h2-5,13H,6-7,9-10H2,1H3,(H,19,23)/t17-/m1/s1. The number of hydrogen-bond acceptors (Lipinski definition) is 5. The number of amides is 3. The zero-order chi connectivity index (χ0) is 17.3. The normalized spacial score (nSPS) is 22.9. The minimum absolute atomic E-state index is 0.0773. The fourth-order valence-electron chi connectivity index (χ4n) is 2.88. The molecule has 1 aromatic rings. The highest BCUT2D eigenvalue weighted by molar-refractivity contribution is 6.08. The van der Waals surface area contributed by atoms with Gasteiger partial charge in [-0.2, -0.15) is 5.26 Å². The Labute approximate surface area is 139 Å². The highest BCUT2D eigenvalue weighted by atomic mass is 16.5. The van der Waals surface area contributed by atoms with Gasteiger partial charge >= 0.3 is 12.0 Å². The smallest absolute Gasteiger partial charge is 0.326 e. The van der Waals surface area contributed by atoms with Crippen LogP contribution in [0.25, 0.3) is 0 Å². The van der Waals surface area contributed by atoms with E-state index < -0.39 is 24.1 Å². The van der Waals surface area contributed by atoms with Gasteiger partial charge in [-0.3, -0.25) is 14.5 Å². The number of nitrogens with zero attached hydrogens (tertiary/aromatic N) is 2. The van der Waals surface area contributed by atoms with Gasteiger partial charge in [0.25, 0.3) is 5.91 Å². The summed E-state index contributed by atoms with van der Waals surface area (Å²) in [5.74, 6) is -0.937. The van der Waals surface area contributed by atoms with Crippen molar-refractivity contribution in [2.75, 3.05) is 6.54 Å². The summed E-state index contributed by atoms with van der Waals surface area (Å²) in [4.78, 5) is 37.3. The Morgan fingerprint density at radius 3 is 2.79 bits per heavy atom. The quantitative estimate of drug-likeness (QED) is 0.649. The van der Waals surface area contributed by atoms with Crippen molar-refractivity contribution in [3.05, 3.63) is 35.4 Å². The summed E-state index contributed by atoms with van der Waals surface area (Å²) in [6.45, 7) is 1.19. The molecule has 1 aromatic carbocycles. The lowest BCUT2D eigenvalue weighted by Gasteiger charge is -2.20. The Morgan fingerprint density at radius 1 is 1.42 bits per heavy atom. The Morgan fingerprint density at radius 2 is 2.12 bits per heavy atom. The molecule has 124 valence electrons. The van der Waals surface area contributed by atoms with Crippen molar-refractivity contribution >= 4 is 17.9 Å². The molecule has 1 heterocycles. The van der Waals surface area contributed by atoms with Crippen LogP contribution in [0.4, 0.5) is 4.79 Å². The highest BCUT2D eigenvalue weighted by Crippen LogP contribution is 2.42. The Bertz CT molecular complexity index is 750. The summed E-state index contributed by atoms with van der Waals surface area (Å²) < 4.78 is 5.11. The predicted octanol–water partition coefficient (Wildman–Crippen LogP) is 1.32. The fraction of sp³-hybridized carbons (Fsp3) is 0.412. The Balaban J connectivity index is 1.60. The van der Waals surface area contributed by atoms with E-state index in [-0.39, 0.29) is 18.4 Å². The second-order valence-corrected chi connectivity index (χ2v) is 6.23. The first-order valence-corrected chi connectivity index (χ1v) is 7.73. The largest absolute Gasteiger partial charge is 0.459 e. The number of nitrogens with one attached hydrogen (secondary N) is 1. The van der Waals surface area contributed by atoms with Crippen LogP contribution in [0, 0.1) is 17.2 Å². The second-order valence-electron chi connectivity index (χ2n) is 6.23. The van der Waals surface area contributed by atoms with Crippen molar-refractivity contribution in [2.24, 2.45) is 5.92 Å². The molecule has 0 unspecified atom stereocenters. The van der Waals surface area contributed by atoms with Crippen molar-refractivity contribution in [2.45, 2.75) is 31.9 Å². The van der Waals surface area contributed by atoms with Crippen molar-refractivity contribution in [3.63, 3.8) is 0 Å². The third kappa shape index (κ3) is 2.83. The maximum absolute atomic E-state index is 12.4. The van der Waals surface area contributed by atoms with Gasteiger partial charge in [-0.25, -0.2) is 4.79 Å². The first-order valence-electron chi connectivity index (χ1n) is 7.73. The number of nitriles is 1. The number of hydrogen-bond donors (Lipinski definition) is 1. The zero-order valence-corrected chi connectivity index (χ0v) is 13.2. The molecule has 0 spiro atoms. The number of urea groups is 1. The Hall–Kier alpha value is -2.88. The molecular weight excluding hydrogens is 310 g/mol. The van der Waals surface area contributed by atoms with Gasteiger partial charge in [0.15, 0.2) is 0 Å². The molecule has 1 N–H and O–H groups in total. The molecule has 24 heavy (non-hydrogen) atoms. The van der Waals surface area contributed by atoms with Gasteiger partial charge in [-0.1, -0.05) is 18.2 Å². The molecule has 0 bridgehead atoms. The van der Waals surface area contributed by atoms with E-state index in [4.69, 9.17) is 10.00 Å². The lowest BCUT2D eigenvalue weighted by atomic mass is 9.96. The molecule has 1 atom stereocenters. The summed E-state index contributed by atoms with van der Waals surface area (Å²) >= 11 is 0. The van der Waals surface area contributed by atoms with E-state index in [1.165, 1.54) is 0 Å². The molecule has 7 heteroatoms. The van der Waals surface area contributed by atoms with Crippen LogP contribution in [0.3, 0.4) is 0 Å². The van der Waals surface area contributed by atoms with E-state index in [2.05, 4.69) is 5.32 Å². The number of imide groups is 1. The molecule has 0 radical (unpaired) electrons. The SMILES string of the molecule is C[C@]1(C2CC2)NC(=O)N(CC(=O)OCc2ccccc2C#N)C1=O. The van der Waals surface area contributed by atoms with Crippen molar-refractivity contribution < 1.29 is 19.1 Å². The summed E-state index contributed by atoms with van der Waals surface area (Å²) in [6.07, 6.45) is 1.79. The maximum atomic E-state index is 12.4. The van der Waals surface area contributed by atoms with Crippen LogP contribution < -0.4 is 5.32 Å². The van der Waals surface area contributed by atoms with E-state index in [0.717, 1.165) is 17.7 Å². The van der Waals surface area contributed by atoms with Crippen LogP contribution in [0.15, 0.2) is 24.3 Å². The van der Waals surface area contributed by atoms with Gasteiger partial charge in [0.2, 0.25) is 0 Å². The molecule has 1 saturated heterocycles. The molecule has 1 saturated carbocycles. The van der Waals surface area contributed by atoms with E-state index in [9.17, 15) is 14.4 Å². The van der Waals surface area contributed by atoms with Gasteiger partial charge in [-0.15, -0.1) is 0 Å². The van der Waals surface area contributed by atoms with Crippen LogP contribution in [0.2, 0.25) is 0 Å². The molecule has 2 fully saturated rings. The average molecular weight is 327 g/mol. The number of ether oxygens (including phenoxy) is 1. The van der Waals surface area contributed by atoms with Gasteiger partial charge in [0, 0.05) is 5.56 Å². The van der Waals surface area contributed by atoms with Crippen molar-refractivity contribution in [3.8, 4) is 6.07 Å². The number of rotatable bonds is 5. The third-order valence-electron chi connectivity index (χ3n) is 4.51. The van der Waals surface area contributed by atoms with E-state index in [0.29, 0.717) is 11.1 Å². The zero-order valence-electron chi connectivity index (χ0n) is 13.2. The molecule has 7 nitrogen and oxygen atoms in total. The van der Waals surface area contributed by atoms with Crippen molar-refractivity contribution in [1.29, 1.82) is 5.26 Å². The monoisotopic (exact) mass is 327 g/mol. The average Bonchev–Trinajstić information content (AvgIpc) is 3.39. The molecule has 1 aliphatic carbocycles. The molecule has 1 aliphatic heterocycles. The van der Waals surface area contributed by atoms with E-state index >= 15 is 0 Å². The van der Waals surface area contributed by atoms with Gasteiger partial charge in [0.05, 0.1) is 11.6 Å². The minimum Gasteiger partial charge on any atom is -0.459 e. The van der Waals surface area contributed by atoms with Crippen LogP contribution in [-0.4, -0.2) is 34.9 Å². The summed E-state index contributed by atoms with van der Waals surface area (Å²) in [7, 11) is 0. The molecule has 3 amide bonds. The second kappa shape index (κ2) is 5.96. The third-order valence-corrected chi connectivity index (χ3v) is 4.51. The summed E-state index contributed by atoms with van der Waals surface area (Å²) in [5.41, 5.74) is 0.0834. The lowest BCUT2D eigenvalue weighted by molar-refractivity contribution is -0.148. The van der Waals surface area contributed by atoms with E-state index in [1.54, 1.807) is 31.2 Å². The van der Waals surface area contributed by atoms with Gasteiger partial charge in [0.1, 0.15) is 18.7 Å². The van der Waals surface area contributed by atoms with E-state index in [1.807, 2.05) is 6.07 Å². The molecule has 3 rings (SSSR count). The number of benzene rings is 1. The van der Waals surface area contributed by atoms with Crippen LogP contribution in [0.5, 0.6) is 0 Å². The summed E-state index contributed by atoms with van der Waals surface area (Å²) in [6, 6.07) is 8.22. The van der Waals surface area contributed by atoms with Crippen LogP contribution in [0.1, 0.15) is 30.9 Å². The predicted molar refractivity (Wildman–Crippen MR) is 82.3 cm³/mol. The first-order chi connectivity index (χ1) is 11.5. The van der Waals surface area contributed by atoms with Crippen LogP contribution >= 0.6 is 0 Å². The van der Waals surface area contributed by atoms with Gasteiger partial charge in [-0.05, 0) is 31.7 Å². The maximum Gasteiger partial charge on any atom is 0.326 e. The first kappa shape index (κ1) is 16.0. The van der Waals surface area contributed by atoms with Gasteiger partial charge < -0.3 is 10.1 Å². The summed E-state index contributed by atoms with van der Waals surface area (Å²) in [5, 5.41) is 11.7. The molecule has 2 aliphatic rings. The fourth-order valence-corrected chi connectivity index (χ4v) is 2.88. The molecular formula is C17H17N3O4. The minimum atomic E-state index is -0.912. The Kier molecular flexibility index (Phi) is 3.97. The van der Waals surface area contributed by atoms with Crippen molar-refractivity contribution in [1.82, 2.24) is 10.2 Å². The number of carbonyl (C=O) groups is 3. The topological polar surface area (TPSA) is 99.5 Å². The highest BCUT2D eigenvalue weighted by Gasteiger charge is 2.56. The lowest BCUT2D eigenvalue weighted by Crippen LogP contribution is -2.46. The van der Waals surface area contributed by atoms with Crippen LogP contribution in [-0.2, 0) is 20.9 Å². The molecule has 0 aromatic heterocycles. The number of esters is 1. The number of carbonyl (C=O) groups excluding carboxylic acids is 3.